The van der Waals surface area contributed by atoms with Crippen molar-refractivity contribution >= 4 is 12.0 Å². The van der Waals surface area contributed by atoms with Crippen LogP contribution >= 0.6 is 0 Å². The summed E-state index contributed by atoms with van der Waals surface area (Å²) in [5, 5.41) is 5.22. The van der Waals surface area contributed by atoms with E-state index in [1.165, 1.54) is 6.08 Å². The fraction of sp³-hybridized carbons (Fsp3) is 0.333. The summed E-state index contributed by atoms with van der Waals surface area (Å²) in [6, 6.07) is 7.28. The first kappa shape index (κ1) is 16.6. The lowest BCUT2D eigenvalue weighted by Crippen LogP contribution is -2.35. The quantitative estimate of drug-likeness (QED) is 0.559. The van der Waals surface area contributed by atoms with Gasteiger partial charge < -0.3 is 20.1 Å². The molecule has 114 valence electrons. The average Bonchev–Trinajstić information content (AvgIpc) is 2.50. The van der Waals surface area contributed by atoms with Crippen molar-refractivity contribution in [1.82, 2.24) is 10.6 Å². The standard InChI is InChI=1S/C15H20N2O4/c1-3-10-21-15(19)17-9-8-16-14(18)11-12-4-6-13(20-2)7-5-12/h3-7H,1,8-11H2,2H3,(H,16,18)(H,17,19). The Morgan fingerprint density at radius 2 is 1.86 bits per heavy atom. The second kappa shape index (κ2) is 9.41. The SMILES string of the molecule is C=CCOC(=O)NCCNC(=O)Cc1ccc(OC)cc1. The molecular weight excluding hydrogens is 272 g/mol. The highest BCUT2D eigenvalue weighted by Gasteiger charge is 2.04. The van der Waals surface area contributed by atoms with E-state index in [1.54, 1.807) is 19.2 Å². The van der Waals surface area contributed by atoms with Gasteiger partial charge in [-0.25, -0.2) is 4.79 Å². The first-order valence-electron chi connectivity index (χ1n) is 6.57. The van der Waals surface area contributed by atoms with E-state index >= 15 is 0 Å². The molecule has 0 bridgehead atoms. The number of amides is 2. The van der Waals surface area contributed by atoms with Gasteiger partial charge in [0, 0.05) is 13.1 Å². The van der Waals surface area contributed by atoms with Gasteiger partial charge in [-0.05, 0) is 17.7 Å². The Morgan fingerprint density at radius 1 is 1.19 bits per heavy atom. The molecule has 0 radical (unpaired) electrons. The molecule has 0 saturated carbocycles. The number of benzene rings is 1. The van der Waals surface area contributed by atoms with E-state index in [-0.39, 0.29) is 18.9 Å². The van der Waals surface area contributed by atoms with Crippen LogP contribution < -0.4 is 15.4 Å². The van der Waals surface area contributed by atoms with E-state index in [9.17, 15) is 9.59 Å². The number of hydrogen-bond acceptors (Lipinski definition) is 4. The summed E-state index contributed by atoms with van der Waals surface area (Å²) in [5.74, 6) is 0.642. The van der Waals surface area contributed by atoms with Gasteiger partial charge in [-0.1, -0.05) is 24.8 Å². The summed E-state index contributed by atoms with van der Waals surface area (Å²) in [6.45, 7) is 4.25. The molecule has 0 unspecified atom stereocenters. The third kappa shape index (κ3) is 7.00. The summed E-state index contributed by atoms with van der Waals surface area (Å²) < 4.78 is 9.77. The first-order valence-corrected chi connectivity index (χ1v) is 6.57. The molecule has 6 nitrogen and oxygen atoms in total. The van der Waals surface area contributed by atoms with Crippen molar-refractivity contribution in [3.63, 3.8) is 0 Å². The monoisotopic (exact) mass is 292 g/mol. The van der Waals surface area contributed by atoms with Gasteiger partial charge in [-0.2, -0.15) is 0 Å². The van der Waals surface area contributed by atoms with Crippen molar-refractivity contribution in [3.8, 4) is 5.75 Å². The smallest absolute Gasteiger partial charge is 0.407 e. The number of rotatable bonds is 8. The molecule has 0 atom stereocenters. The summed E-state index contributed by atoms with van der Waals surface area (Å²) in [7, 11) is 1.59. The van der Waals surface area contributed by atoms with Crippen molar-refractivity contribution in [1.29, 1.82) is 0 Å². The third-order valence-corrected chi connectivity index (χ3v) is 2.57. The molecule has 21 heavy (non-hydrogen) atoms. The minimum absolute atomic E-state index is 0.110. The Morgan fingerprint density at radius 3 is 2.48 bits per heavy atom. The number of ether oxygens (including phenoxy) is 2. The van der Waals surface area contributed by atoms with Gasteiger partial charge in [0.15, 0.2) is 0 Å². The minimum atomic E-state index is -0.528. The van der Waals surface area contributed by atoms with E-state index in [4.69, 9.17) is 9.47 Å². The zero-order valence-corrected chi connectivity index (χ0v) is 12.1. The number of hydrogen-bond donors (Lipinski definition) is 2. The van der Waals surface area contributed by atoms with Crippen LogP contribution in [0.15, 0.2) is 36.9 Å². The number of alkyl carbamates (subject to hydrolysis) is 1. The van der Waals surface area contributed by atoms with Gasteiger partial charge in [0.05, 0.1) is 13.5 Å². The maximum absolute atomic E-state index is 11.7. The predicted octanol–water partition coefficient (Wildman–Crippen LogP) is 1.27. The van der Waals surface area contributed by atoms with Crippen LogP contribution in [0, 0.1) is 0 Å². The van der Waals surface area contributed by atoms with Gasteiger partial charge in [0.2, 0.25) is 5.91 Å². The third-order valence-electron chi connectivity index (χ3n) is 2.57. The van der Waals surface area contributed by atoms with E-state index in [1.807, 2.05) is 12.1 Å². The molecule has 0 aliphatic rings. The molecule has 2 N–H and O–H groups in total. The molecule has 0 saturated heterocycles. The lowest BCUT2D eigenvalue weighted by Gasteiger charge is -2.07. The normalized spacial score (nSPS) is 9.57. The molecule has 1 aromatic rings. The molecule has 0 aliphatic heterocycles. The average molecular weight is 292 g/mol. The Bertz CT molecular complexity index is 471. The molecular formula is C15H20N2O4. The molecule has 0 fully saturated rings. The highest BCUT2D eigenvalue weighted by Crippen LogP contribution is 2.11. The molecule has 2 amide bonds. The van der Waals surface area contributed by atoms with Gasteiger partial charge in [-0.3, -0.25) is 4.79 Å². The lowest BCUT2D eigenvalue weighted by atomic mass is 10.1. The van der Waals surface area contributed by atoms with Crippen LogP contribution in [-0.2, 0) is 16.0 Å². The van der Waals surface area contributed by atoms with Crippen LogP contribution in [0.2, 0.25) is 0 Å². The summed E-state index contributed by atoms with van der Waals surface area (Å²) in [4.78, 5) is 22.8. The van der Waals surface area contributed by atoms with Crippen LogP contribution in [0.1, 0.15) is 5.56 Å². The van der Waals surface area contributed by atoms with Gasteiger partial charge in [0.1, 0.15) is 12.4 Å². The zero-order chi connectivity index (χ0) is 15.5. The minimum Gasteiger partial charge on any atom is -0.497 e. The Labute approximate surface area is 124 Å². The molecule has 1 aromatic carbocycles. The predicted molar refractivity (Wildman–Crippen MR) is 79.3 cm³/mol. The van der Waals surface area contributed by atoms with Gasteiger partial charge in [-0.15, -0.1) is 0 Å². The largest absolute Gasteiger partial charge is 0.497 e. The van der Waals surface area contributed by atoms with Crippen LogP contribution in [0.3, 0.4) is 0 Å². The van der Waals surface area contributed by atoms with Crippen molar-refractivity contribution in [2.45, 2.75) is 6.42 Å². The summed E-state index contributed by atoms with van der Waals surface area (Å²) in [5.41, 5.74) is 0.895. The van der Waals surface area contributed by atoms with Crippen LogP contribution in [0.25, 0.3) is 0 Å². The van der Waals surface area contributed by atoms with Crippen LogP contribution in [-0.4, -0.2) is 38.8 Å². The zero-order valence-electron chi connectivity index (χ0n) is 12.1. The lowest BCUT2D eigenvalue weighted by molar-refractivity contribution is -0.120. The van der Waals surface area contributed by atoms with Crippen LogP contribution in [0.4, 0.5) is 4.79 Å². The maximum atomic E-state index is 11.7. The van der Waals surface area contributed by atoms with Gasteiger partial charge in [0.25, 0.3) is 0 Å². The van der Waals surface area contributed by atoms with E-state index in [0.29, 0.717) is 13.1 Å². The van der Waals surface area contributed by atoms with E-state index < -0.39 is 6.09 Å². The topological polar surface area (TPSA) is 76.7 Å². The second-order valence-electron chi connectivity index (χ2n) is 4.19. The van der Waals surface area contributed by atoms with Crippen molar-refractivity contribution in [2.75, 3.05) is 26.8 Å². The molecule has 0 spiro atoms. The summed E-state index contributed by atoms with van der Waals surface area (Å²) in [6.07, 6.45) is 1.24. The second-order valence-corrected chi connectivity index (χ2v) is 4.19. The number of methoxy groups -OCH3 is 1. The van der Waals surface area contributed by atoms with Gasteiger partial charge >= 0.3 is 6.09 Å². The molecule has 1 rings (SSSR count). The first-order chi connectivity index (χ1) is 10.2. The fourth-order valence-electron chi connectivity index (χ4n) is 1.54. The van der Waals surface area contributed by atoms with Crippen LogP contribution in [0.5, 0.6) is 5.75 Å². The Hall–Kier alpha value is -2.50. The number of carbonyl (C=O) groups is 2. The van der Waals surface area contributed by atoms with Crippen molar-refractivity contribution in [2.24, 2.45) is 0 Å². The maximum Gasteiger partial charge on any atom is 0.407 e. The number of carbonyl (C=O) groups excluding carboxylic acids is 2. The molecule has 0 heterocycles. The highest BCUT2D eigenvalue weighted by atomic mass is 16.5. The van der Waals surface area contributed by atoms with Crippen molar-refractivity contribution < 1.29 is 19.1 Å². The molecule has 6 heteroatoms. The van der Waals surface area contributed by atoms with E-state index in [0.717, 1.165) is 11.3 Å². The number of nitrogens with one attached hydrogen (secondary N) is 2. The van der Waals surface area contributed by atoms with E-state index in [2.05, 4.69) is 17.2 Å². The molecule has 0 aliphatic carbocycles. The Balaban J connectivity index is 2.18. The molecule has 0 aromatic heterocycles. The fourth-order valence-corrected chi connectivity index (χ4v) is 1.54. The Kier molecular flexibility index (Phi) is 7.42. The van der Waals surface area contributed by atoms with Crippen molar-refractivity contribution in [3.05, 3.63) is 42.5 Å². The highest BCUT2D eigenvalue weighted by molar-refractivity contribution is 5.78. The summed E-state index contributed by atoms with van der Waals surface area (Å²) >= 11 is 0.